The van der Waals surface area contributed by atoms with Gasteiger partial charge in [-0.05, 0) is 30.7 Å². The van der Waals surface area contributed by atoms with E-state index in [1.807, 2.05) is 25.2 Å². The summed E-state index contributed by atoms with van der Waals surface area (Å²) in [7, 11) is 1.93. The molecule has 0 spiro atoms. The van der Waals surface area contributed by atoms with Crippen LogP contribution in [0.2, 0.25) is 0 Å². The number of allylic oxidation sites excluding steroid dienone is 2. The standard InChI is InChI=1S/C14H17BrN2O/c1-17-12-5-2-10(3-6-12)9-18-14-7-4-11(15)8-13(14)16/h2,4-8,10,17H,3,9,16H2,1H3. The summed E-state index contributed by atoms with van der Waals surface area (Å²) in [5.74, 6) is 1.15. The van der Waals surface area contributed by atoms with Gasteiger partial charge in [-0.15, -0.1) is 0 Å². The monoisotopic (exact) mass is 308 g/mol. The number of halogens is 1. The van der Waals surface area contributed by atoms with Crippen LogP contribution in [0.25, 0.3) is 0 Å². The quantitative estimate of drug-likeness (QED) is 0.840. The van der Waals surface area contributed by atoms with Crippen molar-refractivity contribution in [1.29, 1.82) is 0 Å². The Morgan fingerprint density at radius 1 is 1.50 bits per heavy atom. The second-order valence-corrected chi connectivity index (χ2v) is 5.17. The van der Waals surface area contributed by atoms with Gasteiger partial charge in [0.1, 0.15) is 5.75 Å². The average molecular weight is 309 g/mol. The summed E-state index contributed by atoms with van der Waals surface area (Å²) in [5.41, 5.74) is 7.71. The molecule has 0 saturated heterocycles. The van der Waals surface area contributed by atoms with Crippen molar-refractivity contribution in [2.75, 3.05) is 19.4 Å². The lowest BCUT2D eigenvalue weighted by Gasteiger charge is -2.17. The van der Waals surface area contributed by atoms with E-state index in [0.29, 0.717) is 18.2 Å². The first-order valence-corrected chi connectivity index (χ1v) is 6.72. The molecule has 0 bridgehead atoms. The SMILES string of the molecule is CNC1=CCC(COc2ccc(Br)cc2N)C=C1. The van der Waals surface area contributed by atoms with E-state index in [9.17, 15) is 0 Å². The molecule has 1 atom stereocenters. The van der Waals surface area contributed by atoms with Gasteiger partial charge < -0.3 is 15.8 Å². The summed E-state index contributed by atoms with van der Waals surface area (Å²) in [6.45, 7) is 0.649. The molecule has 4 heteroatoms. The highest BCUT2D eigenvalue weighted by atomic mass is 79.9. The molecule has 3 N–H and O–H groups in total. The van der Waals surface area contributed by atoms with Gasteiger partial charge in [0, 0.05) is 23.1 Å². The lowest BCUT2D eigenvalue weighted by Crippen LogP contribution is -2.14. The summed E-state index contributed by atoms with van der Waals surface area (Å²) in [4.78, 5) is 0. The zero-order chi connectivity index (χ0) is 13.0. The van der Waals surface area contributed by atoms with Crippen molar-refractivity contribution in [3.63, 3.8) is 0 Å². The first kappa shape index (κ1) is 13.0. The van der Waals surface area contributed by atoms with Crippen LogP contribution >= 0.6 is 15.9 Å². The van der Waals surface area contributed by atoms with E-state index in [4.69, 9.17) is 10.5 Å². The summed E-state index contributed by atoms with van der Waals surface area (Å²) in [5, 5.41) is 3.12. The number of nitrogen functional groups attached to an aromatic ring is 1. The molecule has 0 saturated carbocycles. The number of benzene rings is 1. The van der Waals surface area contributed by atoms with E-state index < -0.39 is 0 Å². The Balaban J connectivity index is 1.89. The van der Waals surface area contributed by atoms with Gasteiger partial charge in [0.25, 0.3) is 0 Å². The largest absolute Gasteiger partial charge is 0.491 e. The van der Waals surface area contributed by atoms with Gasteiger partial charge in [-0.3, -0.25) is 0 Å². The van der Waals surface area contributed by atoms with E-state index in [1.165, 1.54) is 0 Å². The molecule has 1 aromatic carbocycles. The van der Waals surface area contributed by atoms with Crippen molar-refractivity contribution in [3.05, 3.63) is 46.6 Å². The highest BCUT2D eigenvalue weighted by Crippen LogP contribution is 2.26. The highest BCUT2D eigenvalue weighted by molar-refractivity contribution is 9.10. The fourth-order valence-corrected chi connectivity index (χ4v) is 2.20. The van der Waals surface area contributed by atoms with Gasteiger partial charge in [0.05, 0.1) is 12.3 Å². The molecule has 0 amide bonds. The summed E-state index contributed by atoms with van der Waals surface area (Å²) >= 11 is 3.38. The molecule has 3 nitrogen and oxygen atoms in total. The van der Waals surface area contributed by atoms with Crippen LogP contribution in [0.3, 0.4) is 0 Å². The molecule has 2 rings (SSSR count). The van der Waals surface area contributed by atoms with Crippen molar-refractivity contribution in [2.24, 2.45) is 5.92 Å². The number of nitrogens with one attached hydrogen (secondary N) is 1. The molecule has 0 aliphatic heterocycles. The van der Waals surface area contributed by atoms with E-state index in [1.54, 1.807) is 0 Å². The number of hydrogen-bond acceptors (Lipinski definition) is 3. The summed E-state index contributed by atoms with van der Waals surface area (Å²) < 4.78 is 6.72. The van der Waals surface area contributed by atoms with E-state index in [2.05, 4.69) is 39.5 Å². The van der Waals surface area contributed by atoms with Gasteiger partial charge in [-0.1, -0.05) is 28.1 Å². The van der Waals surface area contributed by atoms with Crippen molar-refractivity contribution < 1.29 is 4.74 Å². The predicted molar refractivity (Wildman–Crippen MR) is 78.4 cm³/mol. The number of anilines is 1. The molecular formula is C14H17BrN2O. The number of rotatable bonds is 4. The van der Waals surface area contributed by atoms with Crippen molar-refractivity contribution in [1.82, 2.24) is 5.32 Å². The number of nitrogens with two attached hydrogens (primary N) is 1. The maximum absolute atomic E-state index is 5.89. The minimum absolute atomic E-state index is 0.408. The molecule has 1 aromatic rings. The number of ether oxygens (including phenoxy) is 1. The van der Waals surface area contributed by atoms with Crippen LogP contribution < -0.4 is 15.8 Å². The Hall–Kier alpha value is -1.42. The van der Waals surface area contributed by atoms with Crippen LogP contribution in [0.1, 0.15) is 6.42 Å². The predicted octanol–water partition coefficient (Wildman–Crippen LogP) is 3.09. The molecule has 0 heterocycles. The van der Waals surface area contributed by atoms with E-state index in [-0.39, 0.29) is 0 Å². The van der Waals surface area contributed by atoms with Crippen LogP contribution in [0.4, 0.5) is 5.69 Å². The zero-order valence-corrected chi connectivity index (χ0v) is 11.9. The third-order valence-electron chi connectivity index (χ3n) is 2.90. The van der Waals surface area contributed by atoms with Crippen molar-refractivity contribution >= 4 is 21.6 Å². The lowest BCUT2D eigenvalue weighted by atomic mass is 10.0. The maximum atomic E-state index is 5.89. The van der Waals surface area contributed by atoms with E-state index in [0.717, 1.165) is 22.3 Å². The van der Waals surface area contributed by atoms with Crippen LogP contribution in [0.5, 0.6) is 5.75 Å². The van der Waals surface area contributed by atoms with E-state index >= 15 is 0 Å². The second kappa shape index (κ2) is 5.96. The Morgan fingerprint density at radius 2 is 2.33 bits per heavy atom. The molecule has 0 aromatic heterocycles. The molecular weight excluding hydrogens is 292 g/mol. The zero-order valence-electron chi connectivity index (χ0n) is 10.3. The van der Waals surface area contributed by atoms with Gasteiger partial charge in [0.2, 0.25) is 0 Å². The van der Waals surface area contributed by atoms with Crippen LogP contribution in [0.15, 0.2) is 46.6 Å². The number of hydrogen-bond donors (Lipinski definition) is 2. The lowest BCUT2D eigenvalue weighted by molar-refractivity contribution is 0.277. The highest BCUT2D eigenvalue weighted by Gasteiger charge is 2.10. The Bertz CT molecular complexity index is 483. The third-order valence-corrected chi connectivity index (χ3v) is 3.40. The van der Waals surface area contributed by atoms with Crippen LogP contribution in [-0.4, -0.2) is 13.7 Å². The number of likely N-dealkylation sites (N-methyl/N-ethyl adjacent to an activating group) is 1. The van der Waals surface area contributed by atoms with Gasteiger partial charge in [-0.25, -0.2) is 0 Å². The molecule has 1 unspecified atom stereocenters. The van der Waals surface area contributed by atoms with Gasteiger partial charge >= 0.3 is 0 Å². The first-order chi connectivity index (χ1) is 8.69. The fraction of sp³-hybridized carbons (Fsp3) is 0.286. The topological polar surface area (TPSA) is 47.3 Å². The molecule has 18 heavy (non-hydrogen) atoms. The average Bonchev–Trinajstić information content (AvgIpc) is 2.38. The Kier molecular flexibility index (Phi) is 4.31. The molecule has 1 aliphatic carbocycles. The molecule has 0 fully saturated rings. The summed E-state index contributed by atoms with van der Waals surface area (Å²) in [6.07, 6.45) is 7.42. The van der Waals surface area contributed by atoms with Gasteiger partial charge in [-0.2, -0.15) is 0 Å². The first-order valence-electron chi connectivity index (χ1n) is 5.93. The molecule has 0 radical (unpaired) electrons. The smallest absolute Gasteiger partial charge is 0.142 e. The van der Waals surface area contributed by atoms with Crippen LogP contribution in [-0.2, 0) is 0 Å². The third kappa shape index (κ3) is 3.29. The normalized spacial score (nSPS) is 18.3. The minimum Gasteiger partial charge on any atom is -0.491 e. The minimum atomic E-state index is 0.408. The van der Waals surface area contributed by atoms with Crippen molar-refractivity contribution in [3.8, 4) is 5.75 Å². The fourth-order valence-electron chi connectivity index (χ4n) is 1.82. The summed E-state index contributed by atoms with van der Waals surface area (Å²) in [6, 6.07) is 5.67. The second-order valence-electron chi connectivity index (χ2n) is 4.26. The Labute approximate surface area is 116 Å². The molecule has 1 aliphatic rings. The van der Waals surface area contributed by atoms with Crippen molar-refractivity contribution in [2.45, 2.75) is 6.42 Å². The van der Waals surface area contributed by atoms with Crippen LogP contribution in [0, 0.1) is 5.92 Å². The van der Waals surface area contributed by atoms with Gasteiger partial charge in [0.15, 0.2) is 0 Å². The Morgan fingerprint density at radius 3 is 2.94 bits per heavy atom. The molecule has 96 valence electrons. The maximum Gasteiger partial charge on any atom is 0.142 e.